The normalized spacial score (nSPS) is 18.0. The molecule has 4 rings (SSSR count). The monoisotopic (exact) mass is 343 g/mol. The Morgan fingerprint density at radius 1 is 1.29 bits per heavy atom. The van der Waals surface area contributed by atoms with Gasteiger partial charge in [-0.15, -0.1) is 0 Å². The lowest BCUT2D eigenvalue weighted by molar-refractivity contribution is 0.0979. The number of rotatable bonds is 2. The predicted octanol–water partition coefficient (Wildman–Crippen LogP) is 3.61. The summed E-state index contributed by atoms with van der Waals surface area (Å²) in [5.41, 5.74) is 2.32. The van der Waals surface area contributed by atoms with Gasteiger partial charge in [0.1, 0.15) is 0 Å². The van der Waals surface area contributed by atoms with Gasteiger partial charge in [0.15, 0.2) is 5.69 Å². The number of hydrogen-bond acceptors (Lipinski definition) is 4. The first-order valence-corrected chi connectivity index (χ1v) is 8.49. The minimum atomic E-state index is -0.181. The van der Waals surface area contributed by atoms with Gasteiger partial charge in [0, 0.05) is 12.0 Å². The van der Waals surface area contributed by atoms with E-state index in [1.165, 1.54) is 37.9 Å². The molecule has 1 aromatic heterocycles. The molecule has 0 bridgehead atoms. The van der Waals surface area contributed by atoms with E-state index in [4.69, 9.17) is 16.3 Å². The zero-order valence-electron chi connectivity index (χ0n) is 13.5. The number of ether oxygens (including phenoxy) is 1. The summed E-state index contributed by atoms with van der Waals surface area (Å²) in [6.45, 7) is 0.657. The highest BCUT2D eigenvalue weighted by atomic mass is 35.5. The molecule has 1 aromatic carbocycles. The molecule has 1 fully saturated rings. The molecule has 0 unspecified atom stereocenters. The highest BCUT2D eigenvalue weighted by Gasteiger charge is 2.47. The second-order valence-corrected chi connectivity index (χ2v) is 6.87. The number of carbonyl (C=O) groups excluding carboxylic acids is 1. The summed E-state index contributed by atoms with van der Waals surface area (Å²) in [6.07, 6.45) is 7.52. The lowest BCUT2D eigenvalue weighted by Crippen LogP contribution is -2.36. The van der Waals surface area contributed by atoms with Crippen molar-refractivity contribution in [3.8, 4) is 5.88 Å². The first-order valence-electron chi connectivity index (χ1n) is 8.11. The van der Waals surface area contributed by atoms with Crippen LogP contribution in [0.25, 0.3) is 0 Å². The lowest BCUT2D eigenvalue weighted by Gasteiger charge is -2.24. The quantitative estimate of drug-likeness (QED) is 0.835. The van der Waals surface area contributed by atoms with Crippen molar-refractivity contribution in [2.24, 2.45) is 0 Å². The van der Waals surface area contributed by atoms with Crippen molar-refractivity contribution < 1.29 is 9.53 Å². The van der Waals surface area contributed by atoms with Gasteiger partial charge in [-0.05, 0) is 24.5 Å². The van der Waals surface area contributed by atoms with Crippen LogP contribution in [-0.2, 0) is 5.41 Å². The molecular formula is C18H18ClN3O2. The van der Waals surface area contributed by atoms with Crippen LogP contribution in [0.3, 0.4) is 0 Å². The first kappa shape index (κ1) is 15.4. The van der Waals surface area contributed by atoms with E-state index in [1.54, 1.807) is 4.90 Å². The first-order chi connectivity index (χ1) is 11.6. The van der Waals surface area contributed by atoms with Crippen LogP contribution in [0.1, 0.15) is 41.7 Å². The molecule has 0 radical (unpaired) electrons. The number of hydrogen-bond donors (Lipinski definition) is 0. The molecule has 1 spiro atoms. The van der Waals surface area contributed by atoms with E-state index >= 15 is 0 Å². The average molecular weight is 344 g/mol. The van der Waals surface area contributed by atoms with E-state index in [0.717, 1.165) is 18.5 Å². The number of benzene rings is 1. The number of aromatic nitrogens is 2. The fourth-order valence-electron chi connectivity index (χ4n) is 4.02. The zero-order chi connectivity index (χ0) is 16.7. The van der Waals surface area contributed by atoms with Gasteiger partial charge in [-0.3, -0.25) is 9.78 Å². The van der Waals surface area contributed by atoms with Crippen molar-refractivity contribution in [3.05, 3.63) is 46.9 Å². The Labute approximate surface area is 145 Å². The van der Waals surface area contributed by atoms with Crippen LogP contribution >= 0.6 is 11.6 Å². The second kappa shape index (κ2) is 5.74. The lowest BCUT2D eigenvalue weighted by atomic mass is 9.81. The SMILES string of the molecule is COc1cncc(C(=O)N2CC3(CCCC3)c3cccc(Cl)c32)n1. The Balaban J connectivity index is 1.78. The van der Waals surface area contributed by atoms with E-state index in [1.807, 2.05) is 12.1 Å². The smallest absolute Gasteiger partial charge is 0.278 e. The molecule has 2 heterocycles. The van der Waals surface area contributed by atoms with Crippen LogP contribution in [0, 0.1) is 0 Å². The second-order valence-electron chi connectivity index (χ2n) is 6.46. The van der Waals surface area contributed by atoms with Crippen molar-refractivity contribution in [2.45, 2.75) is 31.1 Å². The number of methoxy groups -OCH3 is 1. The van der Waals surface area contributed by atoms with Gasteiger partial charge in [0.05, 0.1) is 30.2 Å². The van der Waals surface area contributed by atoms with Crippen LogP contribution in [0.2, 0.25) is 5.02 Å². The zero-order valence-corrected chi connectivity index (χ0v) is 14.2. The molecule has 124 valence electrons. The highest BCUT2D eigenvalue weighted by Crippen LogP contribution is 2.52. The summed E-state index contributed by atoms with van der Waals surface area (Å²) in [4.78, 5) is 23.1. The van der Waals surface area contributed by atoms with Crippen LogP contribution < -0.4 is 9.64 Å². The molecule has 0 atom stereocenters. The molecule has 0 N–H and O–H groups in total. The number of para-hydroxylation sites is 1. The van der Waals surface area contributed by atoms with Crippen molar-refractivity contribution >= 4 is 23.2 Å². The summed E-state index contributed by atoms with van der Waals surface area (Å²) >= 11 is 6.46. The number of fused-ring (bicyclic) bond motifs is 2. The Morgan fingerprint density at radius 3 is 2.83 bits per heavy atom. The van der Waals surface area contributed by atoms with Crippen molar-refractivity contribution in [1.29, 1.82) is 0 Å². The van der Waals surface area contributed by atoms with Crippen molar-refractivity contribution in [1.82, 2.24) is 9.97 Å². The Hall–Kier alpha value is -2.14. The fourth-order valence-corrected chi connectivity index (χ4v) is 4.30. The molecule has 5 nitrogen and oxygen atoms in total. The van der Waals surface area contributed by atoms with E-state index in [2.05, 4.69) is 16.0 Å². The fraction of sp³-hybridized carbons (Fsp3) is 0.389. The third kappa shape index (κ3) is 2.26. The Bertz CT molecular complexity index is 803. The van der Waals surface area contributed by atoms with Crippen molar-refractivity contribution in [3.63, 3.8) is 0 Å². The number of halogens is 1. The largest absolute Gasteiger partial charge is 0.480 e. The van der Waals surface area contributed by atoms with Gasteiger partial charge >= 0.3 is 0 Å². The number of carbonyl (C=O) groups is 1. The molecule has 1 aliphatic carbocycles. The maximum Gasteiger partial charge on any atom is 0.278 e. The molecule has 0 saturated heterocycles. The standard InChI is InChI=1S/C18H18ClN3O2/c1-24-15-10-20-9-14(21-15)17(23)22-11-18(7-2-3-8-18)12-5-4-6-13(19)16(12)22/h4-6,9-10H,2-3,7-8,11H2,1H3. The molecule has 1 saturated carbocycles. The summed E-state index contributed by atoms with van der Waals surface area (Å²) in [5.74, 6) is 0.148. The molecule has 1 aliphatic heterocycles. The Morgan fingerprint density at radius 2 is 2.08 bits per heavy atom. The van der Waals surface area contributed by atoms with Gasteiger partial charge in [-0.25, -0.2) is 4.98 Å². The molecule has 2 aromatic rings. The summed E-state index contributed by atoms with van der Waals surface area (Å²) in [6, 6.07) is 5.92. The van der Waals surface area contributed by atoms with Crippen LogP contribution in [0.5, 0.6) is 5.88 Å². The third-order valence-electron chi connectivity index (χ3n) is 5.14. The maximum absolute atomic E-state index is 13.1. The molecule has 6 heteroatoms. The number of nitrogens with zero attached hydrogens (tertiary/aromatic N) is 3. The highest BCUT2D eigenvalue weighted by molar-refractivity contribution is 6.34. The average Bonchev–Trinajstić information content (AvgIpc) is 3.21. The van der Waals surface area contributed by atoms with Crippen molar-refractivity contribution in [2.75, 3.05) is 18.6 Å². The minimum Gasteiger partial charge on any atom is -0.480 e. The van der Waals surface area contributed by atoms with Gasteiger partial charge in [0.2, 0.25) is 5.88 Å². The van der Waals surface area contributed by atoms with E-state index in [-0.39, 0.29) is 17.0 Å². The minimum absolute atomic E-state index is 0.0299. The van der Waals surface area contributed by atoms with Gasteiger partial charge in [0.25, 0.3) is 5.91 Å². The van der Waals surface area contributed by atoms with E-state index in [9.17, 15) is 4.79 Å². The maximum atomic E-state index is 13.1. The summed E-state index contributed by atoms with van der Waals surface area (Å²) in [5, 5.41) is 0.612. The molecule has 1 amide bonds. The number of anilines is 1. The predicted molar refractivity (Wildman–Crippen MR) is 91.9 cm³/mol. The third-order valence-corrected chi connectivity index (χ3v) is 5.44. The molecular weight excluding hydrogens is 326 g/mol. The van der Waals surface area contributed by atoms with E-state index in [0.29, 0.717) is 17.4 Å². The van der Waals surface area contributed by atoms with Gasteiger partial charge < -0.3 is 9.64 Å². The van der Waals surface area contributed by atoms with Crippen LogP contribution in [-0.4, -0.2) is 29.5 Å². The molecule has 24 heavy (non-hydrogen) atoms. The summed E-state index contributed by atoms with van der Waals surface area (Å²) in [7, 11) is 1.51. The Kier molecular flexibility index (Phi) is 3.68. The van der Waals surface area contributed by atoms with Crippen LogP contribution in [0.15, 0.2) is 30.6 Å². The topological polar surface area (TPSA) is 55.3 Å². The number of amides is 1. The van der Waals surface area contributed by atoms with E-state index < -0.39 is 0 Å². The summed E-state index contributed by atoms with van der Waals surface area (Å²) < 4.78 is 5.08. The van der Waals surface area contributed by atoms with Crippen LogP contribution in [0.4, 0.5) is 5.69 Å². The van der Waals surface area contributed by atoms with Gasteiger partial charge in [-0.2, -0.15) is 0 Å². The molecule has 2 aliphatic rings. The van der Waals surface area contributed by atoms with Gasteiger partial charge in [-0.1, -0.05) is 36.6 Å².